The molecule has 0 N–H and O–H groups in total. The molecule has 2 heteroatoms. The van der Waals surface area contributed by atoms with Crippen LogP contribution in [0.15, 0.2) is 42.5 Å². The Hall–Kier alpha value is -1.96. The van der Waals surface area contributed by atoms with Crippen molar-refractivity contribution in [1.82, 2.24) is 0 Å². The van der Waals surface area contributed by atoms with E-state index in [1.165, 1.54) is 6.07 Å². The number of aryl methyl sites for hydroxylation is 1. The maximum absolute atomic E-state index is 13.7. The van der Waals surface area contributed by atoms with E-state index in [9.17, 15) is 9.18 Å². The van der Waals surface area contributed by atoms with Gasteiger partial charge in [-0.05, 0) is 24.1 Å². The maximum Gasteiger partial charge on any atom is 0.150 e. The van der Waals surface area contributed by atoms with Crippen LogP contribution >= 0.6 is 0 Å². The summed E-state index contributed by atoms with van der Waals surface area (Å²) in [6.07, 6.45) is 0.745. The van der Waals surface area contributed by atoms with E-state index in [-0.39, 0.29) is 5.82 Å². The van der Waals surface area contributed by atoms with Crippen molar-refractivity contribution in [3.05, 3.63) is 59.4 Å². The highest BCUT2D eigenvalue weighted by Crippen LogP contribution is 2.25. The minimum absolute atomic E-state index is 0.297. The van der Waals surface area contributed by atoms with Gasteiger partial charge in [-0.3, -0.25) is 4.79 Å². The largest absolute Gasteiger partial charge is 0.298 e. The highest BCUT2D eigenvalue weighted by Gasteiger charge is 2.08. The number of carbonyl (C=O) groups is 1. The van der Waals surface area contributed by atoms with Gasteiger partial charge in [0.1, 0.15) is 5.82 Å². The molecule has 0 saturated heterocycles. The fraction of sp³-hybridized carbons (Fsp3) is 0.0714. The summed E-state index contributed by atoms with van der Waals surface area (Å²) in [5.41, 5.74) is 2.47. The predicted molar refractivity (Wildman–Crippen MR) is 62.0 cm³/mol. The smallest absolute Gasteiger partial charge is 0.150 e. The molecule has 1 nitrogen and oxygen atoms in total. The second-order valence-electron chi connectivity index (χ2n) is 3.69. The van der Waals surface area contributed by atoms with E-state index in [0.29, 0.717) is 16.7 Å². The van der Waals surface area contributed by atoms with Crippen molar-refractivity contribution >= 4 is 6.29 Å². The third-order valence-electron chi connectivity index (χ3n) is 2.50. The molecule has 0 saturated carbocycles. The molecule has 2 aromatic rings. The summed E-state index contributed by atoms with van der Waals surface area (Å²) in [7, 11) is 0. The first-order valence-corrected chi connectivity index (χ1v) is 5.03. The number of hydrogen-bond donors (Lipinski definition) is 0. The molecule has 0 aliphatic rings. The van der Waals surface area contributed by atoms with Gasteiger partial charge >= 0.3 is 0 Å². The summed E-state index contributed by atoms with van der Waals surface area (Å²) in [5.74, 6) is -0.297. The van der Waals surface area contributed by atoms with Crippen LogP contribution in [0.1, 0.15) is 15.9 Å². The van der Waals surface area contributed by atoms with Crippen LogP contribution in [-0.4, -0.2) is 6.29 Å². The first kappa shape index (κ1) is 10.6. The maximum atomic E-state index is 13.7. The number of halogens is 1. The van der Waals surface area contributed by atoms with E-state index in [1.807, 2.05) is 13.0 Å². The Morgan fingerprint density at radius 3 is 2.50 bits per heavy atom. The lowest BCUT2D eigenvalue weighted by Crippen LogP contribution is -1.90. The van der Waals surface area contributed by atoms with Crippen molar-refractivity contribution < 1.29 is 9.18 Å². The van der Waals surface area contributed by atoms with Crippen LogP contribution in [0.5, 0.6) is 0 Å². The van der Waals surface area contributed by atoms with Crippen molar-refractivity contribution in [2.24, 2.45) is 0 Å². The van der Waals surface area contributed by atoms with Crippen LogP contribution in [0.3, 0.4) is 0 Å². The predicted octanol–water partition coefficient (Wildman–Crippen LogP) is 3.61. The Balaban J connectivity index is 2.62. The third-order valence-corrected chi connectivity index (χ3v) is 2.50. The molecule has 0 spiro atoms. The van der Waals surface area contributed by atoms with Gasteiger partial charge in [-0.1, -0.05) is 36.4 Å². The van der Waals surface area contributed by atoms with Gasteiger partial charge < -0.3 is 0 Å². The Kier molecular flexibility index (Phi) is 2.82. The molecule has 16 heavy (non-hydrogen) atoms. The van der Waals surface area contributed by atoms with Crippen molar-refractivity contribution in [2.45, 2.75) is 6.92 Å². The molecule has 0 atom stereocenters. The summed E-state index contributed by atoms with van der Waals surface area (Å²) in [5, 5.41) is 0. The highest BCUT2D eigenvalue weighted by molar-refractivity contribution is 5.87. The highest BCUT2D eigenvalue weighted by atomic mass is 19.1. The fourth-order valence-corrected chi connectivity index (χ4v) is 1.68. The SMILES string of the molecule is Cc1ccc(-c2ccccc2C=O)c(F)c1. The molecule has 0 unspecified atom stereocenters. The minimum Gasteiger partial charge on any atom is -0.298 e. The summed E-state index contributed by atoms with van der Waals surface area (Å²) in [4.78, 5) is 10.9. The van der Waals surface area contributed by atoms with Crippen LogP contribution in [0.4, 0.5) is 4.39 Å². The summed E-state index contributed by atoms with van der Waals surface area (Å²) in [6.45, 7) is 1.83. The summed E-state index contributed by atoms with van der Waals surface area (Å²) < 4.78 is 13.7. The number of aldehydes is 1. The molecule has 0 aromatic heterocycles. The zero-order valence-corrected chi connectivity index (χ0v) is 8.91. The second-order valence-corrected chi connectivity index (χ2v) is 3.69. The fourth-order valence-electron chi connectivity index (χ4n) is 1.68. The van der Waals surface area contributed by atoms with Crippen LogP contribution in [0.25, 0.3) is 11.1 Å². The summed E-state index contributed by atoms with van der Waals surface area (Å²) in [6, 6.07) is 12.0. The monoisotopic (exact) mass is 214 g/mol. The molecule has 2 rings (SSSR count). The number of hydrogen-bond acceptors (Lipinski definition) is 1. The van der Waals surface area contributed by atoms with Crippen molar-refractivity contribution in [2.75, 3.05) is 0 Å². The van der Waals surface area contributed by atoms with Crippen molar-refractivity contribution in [1.29, 1.82) is 0 Å². The van der Waals surface area contributed by atoms with Crippen LogP contribution < -0.4 is 0 Å². The standard InChI is InChI=1S/C14H11FO/c1-10-6-7-13(14(15)8-10)12-5-3-2-4-11(12)9-16/h2-9H,1H3. The first-order valence-electron chi connectivity index (χ1n) is 5.03. The normalized spacial score (nSPS) is 10.1. The van der Waals surface area contributed by atoms with E-state index < -0.39 is 0 Å². The molecule has 0 aliphatic heterocycles. The molecular weight excluding hydrogens is 203 g/mol. The third kappa shape index (κ3) is 1.87. The van der Waals surface area contributed by atoms with Gasteiger partial charge in [0.05, 0.1) is 0 Å². The molecule has 0 aliphatic carbocycles. The Morgan fingerprint density at radius 2 is 1.81 bits per heavy atom. The molecular formula is C14H11FO. The second kappa shape index (κ2) is 4.27. The van der Waals surface area contributed by atoms with E-state index in [1.54, 1.807) is 30.3 Å². The van der Waals surface area contributed by atoms with Crippen molar-refractivity contribution in [3.63, 3.8) is 0 Å². The van der Waals surface area contributed by atoms with Crippen LogP contribution in [-0.2, 0) is 0 Å². The lowest BCUT2D eigenvalue weighted by molar-refractivity contribution is 0.112. The van der Waals surface area contributed by atoms with Gasteiger partial charge in [0.2, 0.25) is 0 Å². The summed E-state index contributed by atoms with van der Waals surface area (Å²) >= 11 is 0. The van der Waals surface area contributed by atoms with Gasteiger partial charge in [0.15, 0.2) is 6.29 Å². The minimum atomic E-state index is -0.297. The lowest BCUT2D eigenvalue weighted by atomic mass is 9.99. The lowest BCUT2D eigenvalue weighted by Gasteiger charge is -2.06. The van der Waals surface area contributed by atoms with Crippen LogP contribution in [0.2, 0.25) is 0 Å². The van der Waals surface area contributed by atoms with E-state index in [0.717, 1.165) is 11.8 Å². The Labute approximate surface area is 93.5 Å². The zero-order chi connectivity index (χ0) is 11.5. The van der Waals surface area contributed by atoms with Crippen molar-refractivity contribution in [3.8, 4) is 11.1 Å². The average Bonchev–Trinajstić information content (AvgIpc) is 2.29. The average molecular weight is 214 g/mol. The van der Waals surface area contributed by atoms with Gasteiger partial charge in [-0.25, -0.2) is 4.39 Å². The van der Waals surface area contributed by atoms with E-state index in [2.05, 4.69) is 0 Å². The van der Waals surface area contributed by atoms with E-state index in [4.69, 9.17) is 0 Å². The van der Waals surface area contributed by atoms with Gasteiger partial charge in [-0.2, -0.15) is 0 Å². The van der Waals surface area contributed by atoms with Gasteiger partial charge in [-0.15, -0.1) is 0 Å². The van der Waals surface area contributed by atoms with E-state index >= 15 is 0 Å². The molecule has 2 aromatic carbocycles. The number of benzene rings is 2. The molecule has 80 valence electrons. The Morgan fingerprint density at radius 1 is 1.06 bits per heavy atom. The number of rotatable bonds is 2. The quantitative estimate of drug-likeness (QED) is 0.698. The Bertz CT molecular complexity index is 532. The zero-order valence-electron chi connectivity index (χ0n) is 8.91. The molecule has 0 fully saturated rings. The van der Waals surface area contributed by atoms with Gasteiger partial charge in [0.25, 0.3) is 0 Å². The molecule has 0 radical (unpaired) electrons. The topological polar surface area (TPSA) is 17.1 Å². The first-order chi connectivity index (χ1) is 7.72. The molecule has 0 bridgehead atoms. The molecule has 0 heterocycles. The van der Waals surface area contributed by atoms with Crippen LogP contribution in [0, 0.1) is 12.7 Å². The van der Waals surface area contributed by atoms with Gasteiger partial charge in [0, 0.05) is 11.1 Å². The molecule has 0 amide bonds. The number of carbonyl (C=O) groups excluding carboxylic acids is 1.